The summed E-state index contributed by atoms with van der Waals surface area (Å²) in [6, 6.07) is 0. The minimum atomic E-state index is -3.11. The largest absolute Gasteiger partial charge is 0.303 e. The Morgan fingerprint density at radius 3 is 2.73 bits per heavy atom. The molecule has 0 spiro atoms. The van der Waals surface area contributed by atoms with E-state index >= 15 is 0 Å². The number of sulfonamides is 1. The van der Waals surface area contributed by atoms with Crippen LogP contribution in [0.2, 0.25) is 0 Å². The van der Waals surface area contributed by atoms with E-state index in [4.69, 9.17) is 0 Å². The predicted molar refractivity (Wildman–Crippen MR) is 62.3 cm³/mol. The number of nitrogens with one attached hydrogen (secondary N) is 1. The van der Waals surface area contributed by atoms with Crippen LogP contribution in [-0.2, 0) is 10.0 Å². The topological polar surface area (TPSA) is 49.4 Å². The van der Waals surface area contributed by atoms with Gasteiger partial charge >= 0.3 is 0 Å². The third kappa shape index (κ3) is 3.16. The molecule has 0 aromatic heterocycles. The van der Waals surface area contributed by atoms with Gasteiger partial charge in [0.25, 0.3) is 0 Å². The van der Waals surface area contributed by atoms with Crippen molar-refractivity contribution in [2.45, 2.75) is 31.9 Å². The van der Waals surface area contributed by atoms with Gasteiger partial charge in [-0.05, 0) is 45.8 Å². The normalized spacial score (nSPS) is 26.5. The Hall–Kier alpha value is -0.130. The van der Waals surface area contributed by atoms with Gasteiger partial charge in [-0.2, -0.15) is 0 Å². The highest BCUT2D eigenvalue weighted by Crippen LogP contribution is 2.23. The van der Waals surface area contributed by atoms with Gasteiger partial charge in [-0.3, -0.25) is 0 Å². The van der Waals surface area contributed by atoms with Gasteiger partial charge in [0.05, 0.1) is 5.25 Å². The first kappa shape index (κ1) is 12.9. The predicted octanol–water partition coefficient (Wildman–Crippen LogP) is 0.656. The Morgan fingerprint density at radius 2 is 2.20 bits per heavy atom. The Balaban J connectivity index is 2.64. The quantitative estimate of drug-likeness (QED) is 0.777. The number of hydrogen-bond donors (Lipinski definition) is 1. The molecule has 0 bridgehead atoms. The van der Waals surface area contributed by atoms with Crippen LogP contribution in [0.25, 0.3) is 0 Å². The van der Waals surface area contributed by atoms with Gasteiger partial charge in [0.2, 0.25) is 10.0 Å². The molecule has 2 unspecified atom stereocenters. The molecule has 1 heterocycles. The second-order valence-corrected chi connectivity index (χ2v) is 6.49. The molecule has 5 heteroatoms. The molecule has 0 amide bonds. The van der Waals surface area contributed by atoms with Gasteiger partial charge in [0.1, 0.15) is 0 Å². The van der Waals surface area contributed by atoms with Crippen LogP contribution in [0.1, 0.15) is 26.7 Å². The molecular formula is C10H22N2O2S. The first-order chi connectivity index (χ1) is 7.01. The van der Waals surface area contributed by atoms with Crippen LogP contribution < -0.4 is 4.72 Å². The average Bonchev–Trinajstić information content (AvgIpc) is 2.28. The molecule has 0 aromatic carbocycles. The molecule has 1 rings (SSSR count). The van der Waals surface area contributed by atoms with E-state index in [1.807, 2.05) is 6.92 Å². The number of nitrogens with zero attached hydrogens (tertiary/aromatic N) is 1. The second-order valence-electron chi connectivity index (χ2n) is 4.25. The van der Waals surface area contributed by atoms with Crippen molar-refractivity contribution in [3.8, 4) is 0 Å². The number of likely N-dealkylation sites (tertiary alicyclic amines) is 1. The van der Waals surface area contributed by atoms with E-state index in [0.29, 0.717) is 0 Å². The van der Waals surface area contributed by atoms with Gasteiger partial charge in [-0.1, -0.05) is 6.92 Å². The number of piperidine rings is 1. The summed E-state index contributed by atoms with van der Waals surface area (Å²) >= 11 is 0. The van der Waals surface area contributed by atoms with E-state index in [1.54, 1.807) is 0 Å². The van der Waals surface area contributed by atoms with Crippen molar-refractivity contribution in [2.24, 2.45) is 5.92 Å². The minimum Gasteiger partial charge on any atom is -0.303 e. The molecule has 1 fully saturated rings. The summed E-state index contributed by atoms with van der Waals surface area (Å²) < 4.78 is 25.8. The maximum Gasteiger partial charge on any atom is 0.214 e. The lowest BCUT2D eigenvalue weighted by Crippen LogP contribution is -2.44. The summed E-state index contributed by atoms with van der Waals surface area (Å²) in [6.45, 7) is 6.98. The van der Waals surface area contributed by atoms with Gasteiger partial charge in [0.15, 0.2) is 0 Å². The van der Waals surface area contributed by atoms with Crippen molar-refractivity contribution < 1.29 is 8.42 Å². The molecule has 0 aliphatic carbocycles. The van der Waals surface area contributed by atoms with Crippen molar-refractivity contribution in [2.75, 3.05) is 26.7 Å². The van der Waals surface area contributed by atoms with E-state index in [9.17, 15) is 8.42 Å². The zero-order valence-electron chi connectivity index (χ0n) is 9.86. The van der Waals surface area contributed by atoms with Gasteiger partial charge in [-0.25, -0.2) is 13.1 Å². The highest BCUT2D eigenvalue weighted by atomic mass is 32.2. The Kier molecular flexibility index (Phi) is 4.55. The second kappa shape index (κ2) is 5.27. The third-order valence-corrected chi connectivity index (χ3v) is 5.36. The van der Waals surface area contributed by atoms with E-state index < -0.39 is 10.0 Å². The summed E-state index contributed by atoms with van der Waals surface area (Å²) in [7, 11) is -1.61. The van der Waals surface area contributed by atoms with Gasteiger partial charge < -0.3 is 4.90 Å². The fourth-order valence-electron chi connectivity index (χ4n) is 2.20. The SMILES string of the molecule is CCN1CCCC(C(C)S(=O)(=O)NC)C1. The zero-order valence-corrected chi connectivity index (χ0v) is 10.7. The van der Waals surface area contributed by atoms with Crippen LogP contribution >= 0.6 is 0 Å². The zero-order chi connectivity index (χ0) is 11.5. The maximum absolute atomic E-state index is 11.7. The van der Waals surface area contributed by atoms with Crippen LogP contribution in [-0.4, -0.2) is 45.2 Å². The van der Waals surface area contributed by atoms with Crippen LogP contribution in [0.5, 0.6) is 0 Å². The highest BCUT2D eigenvalue weighted by Gasteiger charge is 2.31. The summed E-state index contributed by atoms with van der Waals surface area (Å²) in [6.07, 6.45) is 2.14. The molecule has 0 radical (unpaired) electrons. The molecule has 0 aromatic rings. The van der Waals surface area contributed by atoms with Crippen molar-refractivity contribution in [1.82, 2.24) is 9.62 Å². The summed E-state index contributed by atoms with van der Waals surface area (Å²) in [5, 5.41) is -0.281. The van der Waals surface area contributed by atoms with Crippen molar-refractivity contribution in [3.63, 3.8) is 0 Å². The lowest BCUT2D eigenvalue weighted by molar-refractivity contribution is 0.180. The molecule has 1 aliphatic rings. The third-order valence-electron chi connectivity index (χ3n) is 3.43. The van der Waals surface area contributed by atoms with E-state index in [2.05, 4.69) is 16.5 Å². The summed E-state index contributed by atoms with van der Waals surface area (Å²) in [4.78, 5) is 2.33. The van der Waals surface area contributed by atoms with Crippen LogP contribution in [0.3, 0.4) is 0 Å². The lowest BCUT2D eigenvalue weighted by atomic mass is 9.95. The first-order valence-electron chi connectivity index (χ1n) is 5.66. The van der Waals surface area contributed by atoms with E-state index in [0.717, 1.165) is 32.5 Å². The van der Waals surface area contributed by atoms with E-state index in [-0.39, 0.29) is 11.2 Å². The molecule has 1 aliphatic heterocycles. The smallest absolute Gasteiger partial charge is 0.214 e. The van der Waals surface area contributed by atoms with E-state index in [1.165, 1.54) is 7.05 Å². The molecule has 2 atom stereocenters. The average molecular weight is 234 g/mol. The fraction of sp³-hybridized carbons (Fsp3) is 1.00. The molecule has 1 N–H and O–H groups in total. The molecule has 4 nitrogen and oxygen atoms in total. The number of rotatable bonds is 4. The highest BCUT2D eigenvalue weighted by molar-refractivity contribution is 7.90. The van der Waals surface area contributed by atoms with Gasteiger partial charge in [0, 0.05) is 6.54 Å². The molecule has 0 saturated carbocycles. The van der Waals surface area contributed by atoms with Crippen LogP contribution in [0, 0.1) is 5.92 Å². The van der Waals surface area contributed by atoms with Crippen LogP contribution in [0.15, 0.2) is 0 Å². The maximum atomic E-state index is 11.7. The summed E-state index contributed by atoms with van der Waals surface area (Å²) in [5.41, 5.74) is 0. The van der Waals surface area contributed by atoms with Crippen molar-refractivity contribution in [3.05, 3.63) is 0 Å². The van der Waals surface area contributed by atoms with Crippen molar-refractivity contribution in [1.29, 1.82) is 0 Å². The monoisotopic (exact) mass is 234 g/mol. The van der Waals surface area contributed by atoms with Crippen molar-refractivity contribution >= 4 is 10.0 Å². The lowest BCUT2D eigenvalue weighted by Gasteiger charge is -2.34. The number of hydrogen-bond acceptors (Lipinski definition) is 3. The molecule has 1 saturated heterocycles. The first-order valence-corrected chi connectivity index (χ1v) is 7.20. The molecule has 15 heavy (non-hydrogen) atoms. The van der Waals surface area contributed by atoms with Gasteiger partial charge in [-0.15, -0.1) is 0 Å². The standard InChI is InChI=1S/C10H22N2O2S/c1-4-12-7-5-6-10(8-12)9(2)15(13,14)11-3/h9-11H,4-8H2,1-3H3. The minimum absolute atomic E-state index is 0.274. The Labute approximate surface area is 93.1 Å². The Morgan fingerprint density at radius 1 is 1.53 bits per heavy atom. The molecular weight excluding hydrogens is 212 g/mol. The molecule has 90 valence electrons. The fourth-order valence-corrected chi connectivity index (χ4v) is 3.30. The van der Waals surface area contributed by atoms with Crippen LogP contribution in [0.4, 0.5) is 0 Å². The summed E-state index contributed by atoms with van der Waals surface area (Å²) in [5.74, 6) is 0.274. The Bertz CT molecular complexity index is 290.